The monoisotopic (exact) mass is 452 g/mol. The Morgan fingerprint density at radius 1 is 0.882 bits per heavy atom. The molecule has 2 heteroatoms. The van der Waals surface area contributed by atoms with Gasteiger partial charge < -0.3 is 9.80 Å². The van der Waals surface area contributed by atoms with E-state index in [-0.39, 0.29) is 11.6 Å². The minimum absolute atomic E-state index is 0.0633. The van der Waals surface area contributed by atoms with E-state index in [9.17, 15) is 0 Å². The summed E-state index contributed by atoms with van der Waals surface area (Å²) in [5.41, 5.74) is 13.1. The predicted molar refractivity (Wildman–Crippen MR) is 149 cm³/mol. The molecular weight excluding hydrogens is 412 g/mol. The molecule has 3 aromatic carbocycles. The van der Waals surface area contributed by atoms with Crippen LogP contribution in [0.2, 0.25) is 0 Å². The summed E-state index contributed by atoms with van der Waals surface area (Å²) >= 11 is 0. The maximum atomic E-state index is 4.79. The molecule has 0 bridgehead atoms. The molecule has 0 N–H and O–H groups in total. The topological polar surface area (TPSA) is 6.48 Å². The second-order valence-corrected chi connectivity index (χ2v) is 10.3. The molecule has 0 aromatic heterocycles. The van der Waals surface area contributed by atoms with Crippen molar-refractivity contribution < 1.29 is 0 Å². The number of rotatable bonds is 5. The molecule has 0 radical (unpaired) electrons. The van der Waals surface area contributed by atoms with E-state index < -0.39 is 0 Å². The molecule has 0 spiro atoms. The standard InChI is InChI=1S/C32H40N2/c1-10-32(11-2)25(7)31(33(8)27-18-21(3)17-22(4)19-27)34(9)29-16-15-26(20-28(29)32)30-23(5)13-12-14-24(30)6/h12-20,31H,7,10-11H2,1-6,8-9H3. The summed E-state index contributed by atoms with van der Waals surface area (Å²) in [6.45, 7) is 18.2. The lowest BCUT2D eigenvalue weighted by Crippen LogP contribution is -2.55. The summed E-state index contributed by atoms with van der Waals surface area (Å²) in [6, 6.07) is 20.5. The highest BCUT2D eigenvalue weighted by atomic mass is 15.3. The highest BCUT2D eigenvalue weighted by Gasteiger charge is 2.45. The van der Waals surface area contributed by atoms with E-state index in [1.807, 2.05) is 0 Å². The Kier molecular flexibility index (Phi) is 6.38. The summed E-state index contributed by atoms with van der Waals surface area (Å²) in [5, 5.41) is 0. The van der Waals surface area contributed by atoms with Crippen LogP contribution < -0.4 is 9.80 Å². The van der Waals surface area contributed by atoms with Gasteiger partial charge >= 0.3 is 0 Å². The van der Waals surface area contributed by atoms with Gasteiger partial charge in [0.2, 0.25) is 0 Å². The molecule has 1 atom stereocenters. The molecule has 4 rings (SSSR count). The maximum absolute atomic E-state index is 4.79. The van der Waals surface area contributed by atoms with E-state index in [4.69, 9.17) is 6.58 Å². The first-order chi connectivity index (χ1) is 16.1. The van der Waals surface area contributed by atoms with E-state index in [0.29, 0.717) is 0 Å². The van der Waals surface area contributed by atoms with Crippen molar-refractivity contribution in [3.05, 3.63) is 94.6 Å². The van der Waals surface area contributed by atoms with Crippen molar-refractivity contribution in [1.82, 2.24) is 0 Å². The zero-order valence-electron chi connectivity index (χ0n) is 22.3. The second-order valence-electron chi connectivity index (χ2n) is 10.3. The third kappa shape index (κ3) is 3.74. The van der Waals surface area contributed by atoms with Crippen LogP contribution >= 0.6 is 0 Å². The van der Waals surface area contributed by atoms with Crippen LogP contribution in [0.1, 0.15) is 54.5 Å². The Balaban J connectivity index is 1.89. The molecule has 0 aliphatic carbocycles. The van der Waals surface area contributed by atoms with Crippen molar-refractivity contribution in [1.29, 1.82) is 0 Å². The molecule has 1 aliphatic heterocycles. The maximum Gasteiger partial charge on any atom is 0.124 e. The number of likely N-dealkylation sites (N-methyl/N-ethyl adjacent to an activating group) is 2. The van der Waals surface area contributed by atoms with Crippen LogP contribution in [-0.2, 0) is 5.41 Å². The smallest absolute Gasteiger partial charge is 0.124 e. The van der Waals surface area contributed by atoms with Gasteiger partial charge in [0.05, 0.1) is 0 Å². The van der Waals surface area contributed by atoms with Crippen molar-refractivity contribution in [3.63, 3.8) is 0 Å². The average Bonchev–Trinajstić information content (AvgIpc) is 2.79. The lowest BCUT2D eigenvalue weighted by atomic mass is 9.66. The van der Waals surface area contributed by atoms with Crippen LogP contribution in [0.25, 0.3) is 11.1 Å². The molecule has 1 unspecified atom stereocenters. The number of aryl methyl sites for hydroxylation is 4. The van der Waals surface area contributed by atoms with Gasteiger partial charge in [-0.3, -0.25) is 0 Å². The van der Waals surface area contributed by atoms with Crippen LogP contribution in [0.15, 0.2) is 66.7 Å². The largest absolute Gasteiger partial charge is 0.351 e. The van der Waals surface area contributed by atoms with Crippen LogP contribution in [0.3, 0.4) is 0 Å². The first-order valence-electron chi connectivity index (χ1n) is 12.6. The summed E-state index contributed by atoms with van der Waals surface area (Å²) in [7, 11) is 4.44. The molecule has 1 heterocycles. The third-order valence-electron chi connectivity index (χ3n) is 8.14. The fourth-order valence-corrected chi connectivity index (χ4v) is 6.31. The van der Waals surface area contributed by atoms with E-state index in [1.165, 1.54) is 55.9 Å². The number of hydrogen-bond donors (Lipinski definition) is 0. The first kappa shape index (κ1) is 24.1. The summed E-state index contributed by atoms with van der Waals surface area (Å²) in [5.74, 6) is 0. The molecule has 1 aliphatic rings. The first-order valence-corrected chi connectivity index (χ1v) is 12.6. The zero-order chi connectivity index (χ0) is 24.8. The Hall–Kier alpha value is -3.00. The predicted octanol–water partition coefficient (Wildman–Crippen LogP) is 8.11. The second kappa shape index (κ2) is 8.98. The van der Waals surface area contributed by atoms with Crippen molar-refractivity contribution in [3.8, 4) is 11.1 Å². The molecule has 0 fully saturated rings. The highest BCUT2D eigenvalue weighted by Crippen LogP contribution is 2.51. The summed E-state index contributed by atoms with van der Waals surface area (Å²) in [6.07, 6.45) is 2.17. The van der Waals surface area contributed by atoms with Crippen molar-refractivity contribution in [2.75, 3.05) is 23.9 Å². The average molecular weight is 453 g/mol. The summed E-state index contributed by atoms with van der Waals surface area (Å²) in [4.78, 5) is 4.83. The van der Waals surface area contributed by atoms with E-state index in [1.54, 1.807) is 0 Å². The Labute approximate surface area is 206 Å². The fourth-order valence-electron chi connectivity index (χ4n) is 6.31. The van der Waals surface area contributed by atoms with Gasteiger partial charge in [0.1, 0.15) is 6.17 Å². The molecule has 0 saturated carbocycles. The lowest BCUT2D eigenvalue weighted by Gasteiger charge is -2.52. The minimum atomic E-state index is -0.0633. The molecule has 178 valence electrons. The van der Waals surface area contributed by atoms with E-state index in [0.717, 1.165) is 12.8 Å². The van der Waals surface area contributed by atoms with Crippen LogP contribution in [0, 0.1) is 27.7 Å². The zero-order valence-corrected chi connectivity index (χ0v) is 22.3. The number of fused-ring (bicyclic) bond motifs is 1. The normalized spacial score (nSPS) is 17.0. The van der Waals surface area contributed by atoms with Gasteiger partial charge in [0.15, 0.2) is 0 Å². The highest BCUT2D eigenvalue weighted by molar-refractivity contribution is 5.77. The Morgan fingerprint density at radius 2 is 1.47 bits per heavy atom. The van der Waals surface area contributed by atoms with Gasteiger partial charge in [-0.25, -0.2) is 0 Å². The molecule has 0 amide bonds. The van der Waals surface area contributed by atoms with Gasteiger partial charge in [-0.15, -0.1) is 0 Å². The number of hydrogen-bond acceptors (Lipinski definition) is 2. The van der Waals surface area contributed by atoms with Crippen LogP contribution in [0.5, 0.6) is 0 Å². The van der Waals surface area contributed by atoms with Crippen LogP contribution in [0.4, 0.5) is 11.4 Å². The van der Waals surface area contributed by atoms with Crippen molar-refractivity contribution >= 4 is 11.4 Å². The fraction of sp³-hybridized carbons (Fsp3) is 0.375. The Morgan fingerprint density at radius 3 is 2.03 bits per heavy atom. The minimum Gasteiger partial charge on any atom is -0.351 e. The Bertz CT molecular complexity index is 1190. The molecule has 34 heavy (non-hydrogen) atoms. The van der Waals surface area contributed by atoms with E-state index in [2.05, 4.69) is 120 Å². The SMILES string of the molecule is C=C1C(N(C)c2cc(C)cc(C)c2)N(C)c2ccc(-c3c(C)cccc3C)cc2C1(CC)CC. The molecule has 0 saturated heterocycles. The van der Waals surface area contributed by atoms with Gasteiger partial charge in [0.25, 0.3) is 0 Å². The van der Waals surface area contributed by atoms with Crippen molar-refractivity contribution in [2.45, 2.75) is 66.0 Å². The number of nitrogens with zero attached hydrogens (tertiary/aromatic N) is 2. The van der Waals surface area contributed by atoms with Gasteiger partial charge in [0, 0.05) is 30.9 Å². The number of anilines is 2. The molecule has 3 aromatic rings. The number of benzene rings is 3. The third-order valence-corrected chi connectivity index (χ3v) is 8.14. The van der Waals surface area contributed by atoms with Crippen LogP contribution in [-0.4, -0.2) is 20.3 Å². The summed E-state index contributed by atoms with van der Waals surface area (Å²) < 4.78 is 0. The molecular formula is C32H40N2. The molecule has 2 nitrogen and oxygen atoms in total. The van der Waals surface area contributed by atoms with E-state index >= 15 is 0 Å². The van der Waals surface area contributed by atoms with Gasteiger partial charge in [-0.1, -0.05) is 50.8 Å². The lowest BCUT2D eigenvalue weighted by molar-refractivity contribution is 0.414. The van der Waals surface area contributed by atoms with Crippen molar-refractivity contribution in [2.24, 2.45) is 0 Å². The quantitative estimate of drug-likeness (QED) is 0.361. The van der Waals surface area contributed by atoms with Gasteiger partial charge in [-0.05, 0) is 109 Å². The van der Waals surface area contributed by atoms with Gasteiger partial charge in [-0.2, -0.15) is 0 Å².